The third kappa shape index (κ3) is 2.37. The molecule has 1 heterocycles. The average molecular weight is 336 g/mol. The van der Waals surface area contributed by atoms with Crippen molar-refractivity contribution in [2.45, 2.75) is 89.9 Å². The number of aliphatic carboxylic acids is 1. The summed E-state index contributed by atoms with van der Waals surface area (Å²) in [5, 5.41) is 20.0. The average Bonchev–Trinajstić information content (AvgIpc) is 2.78. The lowest BCUT2D eigenvalue weighted by Crippen LogP contribution is -2.63. The third-order valence-electron chi connectivity index (χ3n) is 7.48. The largest absolute Gasteiger partial charge is 0.481 e. The minimum absolute atomic E-state index is 0.00225. The summed E-state index contributed by atoms with van der Waals surface area (Å²) in [6.45, 7) is 13.0. The van der Waals surface area contributed by atoms with Gasteiger partial charge in [0.05, 0.1) is 23.7 Å². The Balaban J connectivity index is 2.04. The van der Waals surface area contributed by atoms with Crippen LogP contribution in [0.4, 0.5) is 0 Å². The van der Waals surface area contributed by atoms with Gasteiger partial charge in [-0.3, -0.25) is 4.79 Å². The number of aliphatic hydroxyl groups is 1. The van der Waals surface area contributed by atoms with E-state index >= 15 is 0 Å². The van der Waals surface area contributed by atoms with E-state index in [1.165, 1.54) is 0 Å². The molecule has 0 radical (unpaired) electrons. The molecule has 5 atom stereocenters. The van der Waals surface area contributed by atoms with E-state index in [1.54, 1.807) is 0 Å². The summed E-state index contributed by atoms with van der Waals surface area (Å²) in [6, 6.07) is 0. The van der Waals surface area contributed by atoms with Crippen LogP contribution in [-0.4, -0.2) is 33.5 Å². The van der Waals surface area contributed by atoms with E-state index in [0.717, 1.165) is 37.7 Å². The number of hydrogen-bond acceptors (Lipinski definition) is 3. The van der Waals surface area contributed by atoms with Gasteiger partial charge in [-0.05, 0) is 55.9 Å². The van der Waals surface area contributed by atoms with Crippen LogP contribution in [0, 0.1) is 16.7 Å². The maximum absolute atomic E-state index is 11.3. The number of carboxylic acid groups (broad SMARTS) is 1. The zero-order valence-electron chi connectivity index (χ0n) is 15.5. The quantitative estimate of drug-likeness (QED) is 0.750. The fourth-order valence-electron chi connectivity index (χ4n) is 6.22. The second kappa shape index (κ2) is 5.31. The van der Waals surface area contributed by atoms with Crippen LogP contribution in [0.5, 0.6) is 0 Å². The standard InChI is InChI=1S/C20H32O4/c1-13-14(21)11-15-17(2,3)7-6-8-19(15,5)20(13)10-9-18(4,24-20)12-16(22)23/h14-15,21H,1,6-12H2,2-5H3,(H,22,23)/t14-,15+,18-,19+,20-/m1/s1. The number of ether oxygens (including phenoxy) is 1. The van der Waals surface area contributed by atoms with Crippen molar-refractivity contribution >= 4 is 5.97 Å². The van der Waals surface area contributed by atoms with Gasteiger partial charge in [-0.15, -0.1) is 0 Å². The molecule has 4 nitrogen and oxygen atoms in total. The molecule has 2 aliphatic carbocycles. The minimum Gasteiger partial charge on any atom is -0.481 e. The highest BCUT2D eigenvalue weighted by atomic mass is 16.5. The molecule has 0 aromatic rings. The Labute approximate surface area is 145 Å². The molecule has 3 rings (SSSR count). The molecule has 2 saturated carbocycles. The fourth-order valence-corrected chi connectivity index (χ4v) is 6.22. The highest BCUT2D eigenvalue weighted by molar-refractivity contribution is 5.68. The number of fused-ring (bicyclic) bond motifs is 2. The number of rotatable bonds is 2. The monoisotopic (exact) mass is 336 g/mol. The Morgan fingerprint density at radius 2 is 1.88 bits per heavy atom. The van der Waals surface area contributed by atoms with Gasteiger partial charge in [0.2, 0.25) is 0 Å². The van der Waals surface area contributed by atoms with Crippen LogP contribution in [0.15, 0.2) is 12.2 Å². The lowest BCUT2D eigenvalue weighted by molar-refractivity contribution is -0.212. The maximum atomic E-state index is 11.3. The lowest BCUT2D eigenvalue weighted by atomic mass is 9.45. The molecule has 0 aromatic heterocycles. The lowest BCUT2D eigenvalue weighted by Gasteiger charge is -2.63. The minimum atomic E-state index is -0.831. The molecule has 1 aliphatic heterocycles. The van der Waals surface area contributed by atoms with Gasteiger partial charge < -0.3 is 14.9 Å². The highest BCUT2D eigenvalue weighted by Crippen LogP contribution is 2.67. The smallest absolute Gasteiger partial charge is 0.306 e. The van der Waals surface area contributed by atoms with Crippen molar-refractivity contribution in [2.24, 2.45) is 16.7 Å². The Hall–Kier alpha value is -0.870. The second-order valence-electron chi connectivity index (χ2n) is 9.54. The molecule has 1 spiro atoms. The van der Waals surface area contributed by atoms with Crippen LogP contribution < -0.4 is 0 Å². The summed E-state index contributed by atoms with van der Waals surface area (Å²) in [4.78, 5) is 11.3. The molecule has 4 heteroatoms. The van der Waals surface area contributed by atoms with Gasteiger partial charge in [-0.25, -0.2) is 0 Å². The van der Waals surface area contributed by atoms with Crippen LogP contribution >= 0.6 is 0 Å². The summed E-state index contributed by atoms with van der Waals surface area (Å²) < 4.78 is 6.60. The van der Waals surface area contributed by atoms with Crippen molar-refractivity contribution in [1.82, 2.24) is 0 Å². The Bertz CT molecular complexity index is 568. The Morgan fingerprint density at radius 1 is 1.21 bits per heavy atom. The molecule has 3 fully saturated rings. The zero-order valence-corrected chi connectivity index (χ0v) is 15.5. The summed E-state index contributed by atoms with van der Waals surface area (Å²) in [5.41, 5.74) is -0.454. The maximum Gasteiger partial charge on any atom is 0.306 e. The predicted molar refractivity (Wildman–Crippen MR) is 92.7 cm³/mol. The number of hydrogen-bond donors (Lipinski definition) is 2. The molecule has 0 amide bonds. The van der Waals surface area contributed by atoms with Crippen molar-refractivity contribution in [3.8, 4) is 0 Å². The van der Waals surface area contributed by atoms with E-state index in [1.807, 2.05) is 6.92 Å². The molecule has 1 saturated heterocycles. The van der Waals surface area contributed by atoms with E-state index in [-0.39, 0.29) is 17.3 Å². The van der Waals surface area contributed by atoms with E-state index in [9.17, 15) is 15.0 Å². The first-order valence-corrected chi connectivity index (χ1v) is 9.25. The fraction of sp³-hybridized carbons (Fsp3) is 0.850. The third-order valence-corrected chi connectivity index (χ3v) is 7.48. The van der Waals surface area contributed by atoms with E-state index in [2.05, 4.69) is 27.4 Å². The summed E-state index contributed by atoms with van der Waals surface area (Å²) in [5.74, 6) is -0.478. The van der Waals surface area contributed by atoms with E-state index in [4.69, 9.17) is 4.74 Å². The van der Waals surface area contributed by atoms with Crippen molar-refractivity contribution < 1.29 is 19.7 Å². The van der Waals surface area contributed by atoms with Crippen molar-refractivity contribution in [3.05, 3.63) is 12.2 Å². The SMILES string of the molecule is C=C1[C@H](O)C[C@H]2C(C)(C)CCC[C@]2(C)[C@@]12CC[C@](C)(CC(=O)O)O2. The van der Waals surface area contributed by atoms with Crippen molar-refractivity contribution in [3.63, 3.8) is 0 Å². The normalized spacial score (nSPS) is 47.6. The highest BCUT2D eigenvalue weighted by Gasteiger charge is 2.67. The molecule has 2 N–H and O–H groups in total. The van der Waals surface area contributed by atoms with Crippen LogP contribution in [0.3, 0.4) is 0 Å². The molecule has 0 bridgehead atoms. The number of carbonyl (C=O) groups is 1. The van der Waals surface area contributed by atoms with Gasteiger partial charge in [-0.1, -0.05) is 33.8 Å². The summed E-state index contributed by atoms with van der Waals surface area (Å²) in [7, 11) is 0. The van der Waals surface area contributed by atoms with Gasteiger partial charge in [0, 0.05) is 5.41 Å². The summed E-state index contributed by atoms with van der Waals surface area (Å²) >= 11 is 0. The van der Waals surface area contributed by atoms with Crippen LogP contribution in [0.25, 0.3) is 0 Å². The molecular weight excluding hydrogens is 304 g/mol. The number of carboxylic acids is 1. The molecule has 136 valence electrons. The van der Waals surface area contributed by atoms with Gasteiger partial charge in [0.1, 0.15) is 0 Å². The second-order valence-corrected chi connectivity index (χ2v) is 9.54. The Morgan fingerprint density at radius 3 is 2.50 bits per heavy atom. The summed E-state index contributed by atoms with van der Waals surface area (Å²) in [6.07, 6.45) is 5.00. The van der Waals surface area contributed by atoms with Crippen LogP contribution in [-0.2, 0) is 9.53 Å². The van der Waals surface area contributed by atoms with Crippen molar-refractivity contribution in [2.75, 3.05) is 0 Å². The first-order chi connectivity index (χ1) is 11.0. The number of aliphatic hydroxyl groups excluding tert-OH is 1. The molecule has 0 aromatic carbocycles. The topological polar surface area (TPSA) is 66.8 Å². The molecule has 3 aliphatic rings. The predicted octanol–water partition coefficient (Wildman–Crippen LogP) is 3.92. The zero-order chi connectivity index (χ0) is 18.0. The van der Waals surface area contributed by atoms with Gasteiger partial charge in [0.25, 0.3) is 0 Å². The van der Waals surface area contributed by atoms with Gasteiger partial charge in [-0.2, -0.15) is 0 Å². The van der Waals surface area contributed by atoms with Crippen LogP contribution in [0.2, 0.25) is 0 Å². The van der Waals surface area contributed by atoms with Crippen LogP contribution in [0.1, 0.15) is 72.6 Å². The van der Waals surface area contributed by atoms with Crippen molar-refractivity contribution in [1.29, 1.82) is 0 Å². The molecule has 24 heavy (non-hydrogen) atoms. The first kappa shape index (κ1) is 17.9. The molecule has 0 unspecified atom stereocenters. The van der Waals surface area contributed by atoms with Gasteiger partial charge >= 0.3 is 5.97 Å². The Kier molecular flexibility index (Phi) is 3.97. The first-order valence-electron chi connectivity index (χ1n) is 9.25. The van der Waals surface area contributed by atoms with E-state index in [0.29, 0.717) is 12.3 Å². The molecular formula is C20H32O4. The van der Waals surface area contributed by atoms with E-state index < -0.39 is 23.3 Å². The van der Waals surface area contributed by atoms with Gasteiger partial charge in [0.15, 0.2) is 0 Å².